The fourth-order valence-corrected chi connectivity index (χ4v) is 4.87. The highest BCUT2D eigenvalue weighted by atomic mass is 15.3. The maximum absolute atomic E-state index is 6.90. The highest BCUT2D eigenvalue weighted by Crippen LogP contribution is 2.33. The average Bonchev–Trinajstić information content (AvgIpc) is 2.58. The summed E-state index contributed by atoms with van der Waals surface area (Å²) in [4.78, 5) is 2.84. The normalized spacial score (nSPS) is 24.5. The summed E-state index contributed by atoms with van der Waals surface area (Å²) in [5.74, 6) is 0.698. The van der Waals surface area contributed by atoms with Crippen LogP contribution in [0, 0.1) is 5.92 Å². The lowest BCUT2D eigenvalue weighted by molar-refractivity contribution is 0.0113. The number of nitrogens with two attached hydrogens (primary N) is 1. The molecular weight excluding hydrogens is 268 g/mol. The largest absolute Gasteiger partial charge is 0.315 e. The highest BCUT2D eigenvalue weighted by Gasteiger charge is 2.35. The lowest BCUT2D eigenvalue weighted by atomic mass is 9.85. The third-order valence-corrected chi connectivity index (χ3v) is 6.27. The van der Waals surface area contributed by atoms with E-state index < -0.39 is 0 Å². The van der Waals surface area contributed by atoms with Crippen LogP contribution < -0.4 is 5.73 Å². The van der Waals surface area contributed by atoms with Gasteiger partial charge >= 0.3 is 0 Å². The van der Waals surface area contributed by atoms with Gasteiger partial charge in [0.15, 0.2) is 0 Å². The minimum atomic E-state index is 0.308. The lowest BCUT2D eigenvalue weighted by Gasteiger charge is -2.47. The van der Waals surface area contributed by atoms with E-state index in [0.717, 1.165) is 12.1 Å². The summed E-state index contributed by atoms with van der Waals surface area (Å²) in [6, 6.07) is 1.56. The average molecular weight is 309 g/mol. The molecule has 0 bridgehead atoms. The van der Waals surface area contributed by atoms with Gasteiger partial charge in [-0.1, -0.05) is 71.6 Å². The Balaban J connectivity index is 2.06. The van der Waals surface area contributed by atoms with Crippen LogP contribution in [0.2, 0.25) is 0 Å². The zero-order chi connectivity index (χ0) is 15.8. The minimum absolute atomic E-state index is 0.308. The molecule has 2 rings (SSSR count). The second-order valence-corrected chi connectivity index (χ2v) is 7.83. The predicted molar refractivity (Wildman–Crippen MR) is 96.9 cm³/mol. The summed E-state index contributed by atoms with van der Waals surface area (Å²) in [6.07, 6.45) is 19.7. The van der Waals surface area contributed by atoms with Crippen LogP contribution in [0.1, 0.15) is 104 Å². The van der Waals surface area contributed by atoms with Crippen molar-refractivity contribution in [3.05, 3.63) is 0 Å². The molecule has 0 aromatic rings. The minimum Gasteiger partial charge on any atom is -0.315 e. The standard InChI is InChI=1S/C20H40N2/c1-3-5-12-17(4-2)20(21)22(18-13-8-6-9-14-18)19-15-10-7-11-16-19/h17-20H,3-16,21H2,1-2H3. The van der Waals surface area contributed by atoms with E-state index in [1.807, 2.05) is 0 Å². The molecule has 2 unspecified atom stereocenters. The zero-order valence-corrected chi connectivity index (χ0v) is 15.2. The van der Waals surface area contributed by atoms with E-state index in [0.29, 0.717) is 12.1 Å². The molecule has 2 fully saturated rings. The Bertz CT molecular complexity index is 261. The van der Waals surface area contributed by atoms with Crippen LogP contribution in [0.25, 0.3) is 0 Å². The topological polar surface area (TPSA) is 29.3 Å². The van der Waals surface area contributed by atoms with Gasteiger partial charge < -0.3 is 5.73 Å². The van der Waals surface area contributed by atoms with Crippen molar-refractivity contribution < 1.29 is 0 Å². The SMILES string of the molecule is CCCCC(CC)C(N)N(C1CCCCC1)C1CCCCC1. The second-order valence-electron chi connectivity index (χ2n) is 7.83. The summed E-state index contributed by atoms with van der Waals surface area (Å²) in [6.45, 7) is 4.65. The van der Waals surface area contributed by atoms with Crippen LogP contribution in [-0.4, -0.2) is 23.1 Å². The van der Waals surface area contributed by atoms with Crippen LogP contribution in [0.5, 0.6) is 0 Å². The van der Waals surface area contributed by atoms with Crippen molar-refractivity contribution in [3.63, 3.8) is 0 Å². The molecule has 0 aromatic carbocycles. The van der Waals surface area contributed by atoms with Gasteiger partial charge in [-0.3, -0.25) is 4.90 Å². The molecule has 2 aliphatic rings. The van der Waals surface area contributed by atoms with Crippen molar-refractivity contribution in [1.29, 1.82) is 0 Å². The number of unbranched alkanes of at least 4 members (excludes halogenated alkanes) is 1. The predicted octanol–water partition coefficient (Wildman–Crippen LogP) is 5.46. The third-order valence-electron chi connectivity index (χ3n) is 6.27. The summed E-state index contributed by atoms with van der Waals surface area (Å²) < 4.78 is 0. The van der Waals surface area contributed by atoms with E-state index in [-0.39, 0.29) is 0 Å². The lowest BCUT2D eigenvalue weighted by Crippen LogP contribution is -2.57. The van der Waals surface area contributed by atoms with Gasteiger partial charge in [0.25, 0.3) is 0 Å². The van der Waals surface area contributed by atoms with Crippen molar-refractivity contribution in [3.8, 4) is 0 Å². The number of nitrogens with zero attached hydrogens (tertiary/aromatic N) is 1. The van der Waals surface area contributed by atoms with E-state index in [4.69, 9.17) is 5.73 Å². The Hall–Kier alpha value is -0.0800. The van der Waals surface area contributed by atoms with Gasteiger partial charge in [-0.15, -0.1) is 0 Å². The van der Waals surface area contributed by atoms with Crippen LogP contribution in [0.15, 0.2) is 0 Å². The Kier molecular flexibility index (Phi) is 8.24. The van der Waals surface area contributed by atoms with Crippen LogP contribution in [0.4, 0.5) is 0 Å². The molecule has 0 radical (unpaired) electrons. The molecule has 130 valence electrons. The quantitative estimate of drug-likeness (QED) is 0.604. The van der Waals surface area contributed by atoms with E-state index in [9.17, 15) is 0 Å². The van der Waals surface area contributed by atoms with Gasteiger partial charge in [-0.05, 0) is 38.0 Å². The molecule has 0 amide bonds. The summed E-state index contributed by atoms with van der Waals surface area (Å²) in [7, 11) is 0. The van der Waals surface area contributed by atoms with Gasteiger partial charge in [0.1, 0.15) is 0 Å². The first-order chi connectivity index (χ1) is 10.8. The van der Waals surface area contributed by atoms with E-state index in [1.165, 1.54) is 89.9 Å². The second kappa shape index (κ2) is 9.93. The first-order valence-electron chi connectivity index (χ1n) is 10.3. The highest BCUT2D eigenvalue weighted by molar-refractivity contribution is 4.88. The van der Waals surface area contributed by atoms with E-state index in [1.54, 1.807) is 0 Å². The van der Waals surface area contributed by atoms with E-state index in [2.05, 4.69) is 18.7 Å². The fourth-order valence-electron chi connectivity index (χ4n) is 4.87. The monoisotopic (exact) mass is 308 g/mol. The van der Waals surface area contributed by atoms with Crippen molar-refractivity contribution in [2.45, 2.75) is 122 Å². The van der Waals surface area contributed by atoms with Crippen molar-refractivity contribution in [2.24, 2.45) is 11.7 Å². The molecule has 2 saturated carbocycles. The number of hydrogen-bond donors (Lipinski definition) is 1. The molecule has 0 aliphatic heterocycles. The third kappa shape index (κ3) is 4.96. The van der Waals surface area contributed by atoms with Gasteiger partial charge in [0, 0.05) is 12.1 Å². The molecule has 2 heteroatoms. The Morgan fingerprint density at radius 3 is 1.77 bits per heavy atom. The molecule has 0 aromatic heterocycles. The van der Waals surface area contributed by atoms with Gasteiger partial charge in [0.05, 0.1) is 6.17 Å². The van der Waals surface area contributed by atoms with Crippen molar-refractivity contribution in [1.82, 2.24) is 4.90 Å². The summed E-state index contributed by atoms with van der Waals surface area (Å²) in [5, 5.41) is 0. The summed E-state index contributed by atoms with van der Waals surface area (Å²) >= 11 is 0. The Morgan fingerprint density at radius 2 is 1.36 bits per heavy atom. The Morgan fingerprint density at radius 1 is 0.864 bits per heavy atom. The number of rotatable bonds is 8. The Labute approximate surface area is 139 Å². The van der Waals surface area contributed by atoms with Gasteiger partial charge in [0.2, 0.25) is 0 Å². The van der Waals surface area contributed by atoms with Gasteiger partial charge in [-0.2, -0.15) is 0 Å². The first kappa shape index (κ1) is 18.3. The maximum Gasteiger partial charge on any atom is 0.0605 e. The molecule has 2 atom stereocenters. The number of hydrogen-bond acceptors (Lipinski definition) is 2. The molecule has 2 N–H and O–H groups in total. The molecule has 0 saturated heterocycles. The van der Waals surface area contributed by atoms with E-state index >= 15 is 0 Å². The van der Waals surface area contributed by atoms with Crippen molar-refractivity contribution >= 4 is 0 Å². The molecule has 2 aliphatic carbocycles. The smallest absolute Gasteiger partial charge is 0.0605 e. The first-order valence-corrected chi connectivity index (χ1v) is 10.3. The molecule has 2 nitrogen and oxygen atoms in total. The molecule has 0 heterocycles. The van der Waals surface area contributed by atoms with Crippen LogP contribution >= 0.6 is 0 Å². The van der Waals surface area contributed by atoms with Gasteiger partial charge in [-0.25, -0.2) is 0 Å². The molecular formula is C20H40N2. The zero-order valence-electron chi connectivity index (χ0n) is 15.2. The maximum atomic E-state index is 6.90. The molecule has 0 spiro atoms. The molecule has 22 heavy (non-hydrogen) atoms. The van der Waals surface area contributed by atoms with Crippen LogP contribution in [0.3, 0.4) is 0 Å². The fraction of sp³-hybridized carbons (Fsp3) is 1.00. The van der Waals surface area contributed by atoms with Crippen molar-refractivity contribution in [2.75, 3.05) is 0 Å². The summed E-state index contributed by atoms with van der Waals surface area (Å²) in [5.41, 5.74) is 6.90. The van der Waals surface area contributed by atoms with Crippen LogP contribution in [-0.2, 0) is 0 Å².